The molecule has 2 aromatic rings. The maximum Gasteiger partial charge on any atom is 0.278 e. The minimum Gasteiger partial charge on any atom is -0.508 e. The summed E-state index contributed by atoms with van der Waals surface area (Å²) in [5.74, 6) is -11.8. The molecule has 0 aliphatic carbocycles. The Bertz CT molecular complexity index is 946. The average Bonchev–Trinajstić information content (AvgIpc) is 2.62. The number of nitrogens with zero attached hydrogens (tertiary/aromatic N) is 1. The van der Waals surface area contributed by atoms with E-state index >= 15 is 0 Å². The van der Waals surface area contributed by atoms with E-state index in [-0.39, 0.29) is 10.6 Å². The van der Waals surface area contributed by atoms with Gasteiger partial charge in [-0.05, 0) is 18.6 Å². The number of halogens is 5. The lowest BCUT2D eigenvalue weighted by molar-refractivity contribution is -0.138. The fourth-order valence-electron chi connectivity index (χ4n) is 2.37. The molecule has 0 aliphatic rings. The van der Waals surface area contributed by atoms with Crippen LogP contribution in [0.5, 0.6) is 11.5 Å². The first-order chi connectivity index (χ1) is 12.9. The second-order valence-corrected chi connectivity index (χ2v) is 5.56. The zero-order chi connectivity index (χ0) is 21.5. The smallest absolute Gasteiger partial charge is 0.278 e. The van der Waals surface area contributed by atoms with E-state index in [1.54, 1.807) is 0 Å². The van der Waals surface area contributed by atoms with E-state index in [0.717, 1.165) is 12.1 Å². The number of hydrogen-bond acceptors (Lipinski definition) is 6. The molecule has 2 rings (SSSR count). The van der Waals surface area contributed by atoms with Crippen molar-refractivity contribution >= 4 is 11.8 Å². The molecule has 1 atom stereocenters. The molecule has 0 fully saturated rings. The van der Waals surface area contributed by atoms with Crippen LogP contribution >= 0.6 is 0 Å². The summed E-state index contributed by atoms with van der Waals surface area (Å²) in [6.07, 6.45) is -3.03. The summed E-state index contributed by atoms with van der Waals surface area (Å²) in [7, 11) is 0. The van der Waals surface area contributed by atoms with Gasteiger partial charge < -0.3 is 15.3 Å². The highest BCUT2D eigenvalue weighted by Gasteiger charge is 2.36. The number of phenols is 2. The minimum atomic E-state index is -3.03. The van der Waals surface area contributed by atoms with E-state index < -0.39 is 69.6 Å². The van der Waals surface area contributed by atoms with Gasteiger partial charge in [0, 0.05) is 6.07 Å². The summed E-state index contributed by atoms with van der Waals surface area (Å²) in [5, 5.41) is 28.4. The van der Waals surface area contributed by atoms with E-state index in [4.69, 9.17) is 5.84 Å². The summed E-state index contributed by atoms with van der Waals surface area (Å²) < 4.78 is 67.0. The van der Waals surface area contributed by atoms with E-state index in [1.165, 1.54) is 6.92 Å². The fraction of sp³-hybridized carbons (Fsp3) is 0.125. The van der Waals surface area contributed by atoms with E-state index in [1.807, 2.05) is 0 Å². The molecule has 0 saturated carbocycles. The summed E-state index contributed by atoms with van der Waals surface area (Å²) >= 11 is 0. The molecule has 0 radical (unpaired) electrons. The first-order valence-corrected chi connectivity index (χ1v) is 7.25. The summed E-state index contributed by atoms with van der Waals surface area (Å²) in [4.78, 5) is 24.4. The number of hydrazine groups is 1. The SMILES string of the molecule is Cc1cc(O)cc(O)c1C(=O)N(N)C(=O)C(O)c1c(F)c(F)c(F)c(F)c1F. The highest BCUT2D eigenvalue weighted by atomic mass is 19.2. The number of amides is 2. The van der Waals surface area contributed by atoms with E-state index in [9.17, 15) is 46.9 Å². The van der Waals surface area contributed by atoms with Crippen LogP contribution in [0.25, 0.3) is 0 Å². The van der Waals surface area contributed by atoms with Crippen molar-refractivity contribution in [3.8, 4) is 11.5 Å². The van der Waals surface area contributed by atoms with Crippen molar-refractivity contribution in [3.05, 3.63) is 57.9 Å². The van der Waals surface area contributed by atoms with Crippen LogP contribution in [0.2, 0.25) is 0 Å². The number of carbonyl (C=O) groups is 2. The van der Waals surface area contributed by atoms with Crippen LogP contribution in [-0.4, -0.2) is 32.1 Å². The van der Waals surface area contributed by atoms with Crippen LogP contribution in [0.3, 0.4) is 0 Å². The van der Waals surface area contributed by atoms with Crippen LogP contribution in [0.4, 0.5) is 22.0 Å². The predicted molar refractivity (Wildman–Crippen MR) is 81.1 cm³/mol. The van der Waals surface area contributed by atoms with Crippen molar-refractivity contribution in [1.82, 2.24) is 5.01 Å². The number of aryl methyl sites for hydroxylation is 1. The standard InChI is InChI=1S/C16H11F5N2O5/c1-4-2-5(24)3-6(25)7(4)15(27)23(22)16(28)14(26)8-9(17)11(19)13(21)12(20)10(8)18/h2-3,14,24-26H,22H2,1H3. The Balaban J connectivity index is 2.46. The van der Waals surface area contributed by atoms with Gasteiger partial charge in [-0.15, -0.1) is 0 Å². The number of aliphatic hydroxyl groups is 1. The molecule has 1 unspecified atom stereocenters. The van der Waals surface area contributed by atoms with Gasteiger partial charge >= 0.3 is 0 Å². The number of aromatic hydroxyl groups is 2. The number of rotatable bonds is 3. The van der Waals surface area contributed by atoms with Crippen LogP contribution in [0, 0.1) is 36.0 Å². The third-order valence-electron chi connectivity index (χ3n) is 3.72. The van der Waals surface area contributed by atoms with Gasteiger partial charge in [-0.1, -0.05) is 0 Å². The lowest BCUT2D eigenvalue weighted by Gasteiger charge is -2.21. The number of nitrogens with two attached hydrogens (primary N) is 1. The van der Waals surface area contributed by atoms with Gasteiger partial charge in [0.2, 0.25) is 5.82 Å². The second-order valence-electron chi connectivity index (χ2n) is 5.56. The average molecular weight is 406 g/mol. The molecular weight excluding hydrogens is 395 g/mol. The van der Waals surface area contributed by atoms with Crippen LogP contribution in [0.15, 0.2) is 12.1 Å². The van der Waals surface area contributed by atoms with Gasteiger partial charge in [0.1, 0.15) is 11.5 Å². The summed E-state index contributed by atoms with van der Waals surface area (Å²) in [6.45, 7) is 1.23. The Morgan fingerprint density at radius 2 is 1.43 bits per heavy atom. The van der Waals surface area contributed by atoms with E-state index in [2.05, 4.69) is 0 Å². The molecule has 0 aromatic heterocycles. The van der Waals surface area contributed by atoms with Crippen LogP contribution in [-0.2, 0) is 4.79 Å². The highest BCUT2D eigenvalue weighted by Crippen LogP contribution is 2.30. The first-order valence-electron chi connectivity index (χ1n) is 7.25. The van der Waals surface area contributed by atoms with Gasteiger partial charge in [0.05, 0.1) is 11.1 Å². The molecule has 2 aromatic carbocycles. The molecule has 28 heavy (non-hydrogen) atoms. The fourth-order valence-corrected chi connectivity index (χ4v) is 2.37. The summed E-state index contributed by atoms with van der Waals surface area (Å²) in [5.41, 5.74) is -2.59. The lowest BCUT2D eigenvalue weighted by atomic mass is 10.0. The normalized spacial score (nSPS) is 12.0. The molecule has 7 nitrogen and oxygen atoms in total. The Morgan fingerprint density at radius 1 is 0.964 bits per heavy atom. The predicted octanol–water partition coefficient (Wildman–Crippen LogP) is 1.68. The quantitative estimate of drug-likeness (QED) is 0.154. The topological polar surface area (TPSA) is 124 Å². The Hall–Kier alpha value is -3.25. The number of aliphatic hydroxyl groups excluding tert-OH is 1. The van der Waals surface area contributed by atoms with Crippen molar-refractivity contribution in [3.63, 3.8) is 0 Å². The molecule has 0 bridgehead atoms. The molecule has 12 heteroatoms. The van der Waals surface area contributed by atoms with Crippen LogP contribution in [0.1, 0.15) is 27.6 Å². The molecule has 0 aliphatic heterocycles. The minimum absolute atomic E-state index is 0.0727. The molecule has 0 heterocycles. The van der Waals surface area contributed by atoms with Gasteiger partial charge in [-0.25, -0.2) is 32.8 Å². The third kappa shape index (κ3) is 3.34. The monoisotopic (exact) mass is 406 g/mol. The zero-order valence-corrected chi connectivity index (χ0v) is 13.8. The van der Waals surface area contributed by atoms with Gasteiger partial charge in [-0.2, -0.15) is 0 Å². The second kappa shape index (κ2) is 7.40. The maximum atomic E-state index is 13.7. The molecule has 150 valence electrons. The van der Waals surface area contributed by atoms with Crippen molar-refractivity contribution in [2.45, 2.75) is 13.0 Å². The molecular formula is C16H11F5N2O5. The summed E-state index contributed by atoms with van der Waals surface area (Å²) in [6, 6.07) is 1.73. The van der Waals surface area contributed by atoms with E-state index in [0.29, 0.717) is 0 Å². The molecule has 5 N–H and O–H groups in total. The Kier molecular flexibility index (Phi) is 5.57. The number of imide groups is 1. The molecule has 0 spiro atoms. The van der Waals surface area contributed by atoms with Crippen LogP contribution < -0.4 is 5.84 Å². The van der Waals surface area contributed by atoms with Crippen molar-refractivity contribution in [2.75, 3.05) is 0 Å². The molecule has 2 amide bonds. The highest BCUT2D eigenvalue weighted by molar-refractivity contribution is 6.07. The van der Waals surface area contributed by atoms with Gasteiger partial charge in [0.25, 0.3) is 11.8 Å². The third-order valence-corrected chi connectivity index (χ3v) is 3.72. The largest absolute Gasteiger partial charge is 0.508 e. The van der Waals surface area contributed by atoms with Crippen molar-refractivity contribution in [1.29, 1.82) is 0 Å². The Labute approximate surface area is 153 Å². The Morgan fingerprint density at radius 3 is 1.89 bits per heavy atom. The number of benzene rings is 2. The molecule has 0 saturated heterocycles. The van der Waals surface area contributed by atoms with Crippen molar-refractivity contribution in [2.24, 2.45) is 5.84 Å². The number of carbonyl (C=O) groups excluding carboxylic acids is 2. The first kappa shape index (κ1) is 21.1. The zero-order valence-electron chi connectivity index (χ0n) is 13.8. The van der Waals surface area contributed by atoms with Crippen molar-refractivity contribution < 1.29 is 46.9 Å². The number of hydrogen-bond donors (Lipinski definition) is 4. The maximum absolute atomic E-state index is 13.7. The lowest BCUT2D eigenvalue weighted by Crippen LogP contribution is -2.45. The van der Waals surface area contributed by atoms with Gasteiger partial charge in [-0.3, -0.25) is 9.59 Å². The number of phenolic OH excluding ortho intramolecular Hbond substituents is 2. The van der Waals surface area contributed by atoms with Gasteiger partial charge in [0.15, 0.2) is 29.4 Å².